The van der Waals surface area contributed by atoms with Crippen LogP contribution in [0.4, 0.5) is 0 Å². The van der Waals surface area contributed by atoms with Crippen LogP contribution in [-0.2, 0) is 11.2 Å². The van der Waals surface area contributed by atoms with Gasteiger partial charge in [0.15, 0.2) is 0 Å². The SMILES string of the molecule is CNC1CCCOc2ccc(CCOC)cc21. The van der Waals surface area contributed by atoms with Crippen molar-refractivity contribution < 1.29 is 9.47 Å². The second-order valence-electron chi connectivity index (χ2n) is 4.45. The summed E-state index contributed by atoms with van der Waals surface area (Å²) in [5, 5.41) is 3.37. The molecule has 17 heavy (non-hydrogen) atoms. The number of hydrogen-bond acceptors (Lipinski definition) is 3. The van der Waals surface area contributed by atoms with E-state index in [9.17, 15) is 0 Å². The maximum absolute atomic E-state index is 5.77. The van der Waals surface area contributed by atoms with Crippen molar-refractivity contribution in [2.24, 2.45) is 0 Å². The molecule has 0 saturated carbocycles. The molecular weight excluding hydrogens is 214 g/mol. The Morgan fingerprint density at radius 2 is 2.35 bits per heavy atom. The van der Waals surface area contributed by atoms with E-state index in [-0.39, 0.29) is 0 Å². The van der Waals surface area contributed by atoms with Crippen LogP contribution in [0.2, 0.25) is 0 Å². The van der Waals surface area contributed by atoms with Crippen LogP contribution in [0.3, 0.4) is 0 Å². The van der Waals surface area contributed by atoms with Crippen LogP contribution in [0, 0.1) is 0 Å². The molecule has 94 valence electrons. The molecule has 1 atom stereocenters. The van der Waals surface area contributed by atoms with E-state index in [2.05, 4.69) is 23.5 Å². The van der Waals surface area contributed by atoms with Crippen molar-refractivity contribution in [1.29, 1.82) is 0 Å². The molecule has 0 aliphatic carbocycles. The van der Waals surface area contributed by atoms with Crippen LogP contribution < -0.4 is 10.1 Å². The van der Waals surface area contributed by atoms with E-state index in [0.717, 1.165) is 38.2 Å². The Balaban J connectivity index is 2.23. The fourth-order valence-corrected chi connectivity index (χ4v) is 2.30. The normalized spacial score (nSPS) is 19.3. The Morgan fingerprint density at radius 3 is 3.12 bits per heavy atom. The van der Waals surface area contributed by atoms with Gasteiger partial charge >= 0.3 is 0 Å². The van der Waals surface area contributed by atoms with E-state index < -0.39 is 0 Å². The molecule has 1 aliphatic heterocycles. The van der Waals surface area contributed by atoms with Crippen molar-refractivity contribution in [3.8, 4) is 5.75 Å². The largest absolute Gasteiger partial charge is 0.493 e. The van der Waals surface area contributed by atoms with Gasteiger partial charge in [-0.05, 0) is 37.9 Å². The molecule has 0 fully saturated rings. The second kappa shape index (κ2) is 6.03. The zero-order chi connectivity index (χ0) is 12.1. The Bertz CT molecular complexity index is 365. The highest BCUT2D eigenvalue weighted by atomic mass is 16.5. The summed E-state index contributed by atoms with van der Waals surface area (Å²) in [6.07, 6.45) is 3.20. The molecule has 0 amide bonds. The molecule has 1 N–H and O–H groups in total. The molecule has 1 aliphatic rings. The minimum absolute atomic E-state index is 0.412. The summed E-state index contributed by atoms with van der Waals surface area (Å²) in [5.41, 5.74) is 2.61. The molecule has 0 saturated heterocycles. The van der Waals surface area contributed by atoms with E-state index in [1.807, 2.05) is 7.05 Å². The highest BCUT2D eigenvalue weighted by Crippen LogP contribution is 2.32. The third-order valence-electron chi connectivity index (χ3n) is 3.29. The average Bonchev–Trinajstić information content (AvgIpc) is 2.57. The summed E-state index contributed by atoms with van der Waals surface area (Å²) in [4.78, 5) is 0. The smallest absolute Gasteiger partial charge is 0.124 e. The molecule has 1 unspecified atom stereocenters. The van der Waals surface area contributed by atoms with Crippen molar-refractivity contribution in [1.82, 2.24) is 5.32 Å². The van der Waals surface area contributed by atoms with E-state index in [1.165, 1.54) is 11.1 Å². The molecule has 3 heteroatoms. The number of fused-ring (bicyclic) bond motifs is 1. The van der Waals surface area contributed by atoms with Crippen molar-refractivity contribution >= 4 is 0 Å². The van der Waals surface area contributed by atoms with Gasteiger partial charge in [-0.2, -0.15) is 0 Å². The van der Waals surface area contributed by atoms with Crippen molar-refractivity contribution in [2.45, 2.75) is 25.3 Å². The third-order valence-corrected chi connectivity index (χ3v) is 3.29. The van der Waals surface area contributed by atoms with Gasteiger partial charge in [0.05, 0.1) is 13.2 Å². The van der Waals surface area contributed by atoms with Crippen molar-refractivity contribution in [3.63, 3.8) is 0 Å². The lowest BCUT2D eigenvalue weighted by Gasteiger charge is -2.16. The third kappa shape index (κ3) is 2.99. The van der Waals surface area contributed by atoms with Gasteiger partial charge in [0.1, 0.15) is 5.75 Å². The van der Waals surface area contributed by atoms with Crippen LogP contribution in [0.5, 0.6) is 5.75 Å². The molecule has 1 aromatic rings. The molecule has 0 radical (unpaired) electrons. The Morgan fingerprint density at radius 1 is 1.47 bits per heavy atom. The first-order valence-corrected chi connectivity index (χ1v) is 6.27. The van der Waals surface area contributed by atoms with E-state index in [1.54, 1.807) is 7.11 Å². The van der Waals surface area contributed by atoms with E-state index in [0.29, 0.717) is 6.04 Å². The Hall–Kier alpha value is -1.06. The maximum atomic E-state index is 5.77. The van der Waals surface area contributed by atoms with Gasteiger partial charge in [0.2, 0.25) is 0 Å². The van der Waals surface area contributed by atoms with Crippen molar-refractivity contribution in [3.05, 3.63) is 29.3 Å². The maximum Gasteiger partial charge on any atom is 0.124 e. The predicted molar refractivity (Wildman–Crippen MR) is 68.6 cm³/mol. The topological polar surface area (TPSA) is 30.5 Å². The number of methoxy groups -OCH3 is 1. The lowest BCUT2D eigenvalue weighted by molar-refractivity contribution is 0.202. The summed E-state index contributed by atoms with van der Waals surface area (Å²) >= 11 is 0. The number of hydrogen-bond donors (Lipinski definition) is 1. The molecule has 0 spiro atoms. The fourth-order valence-electron chi connectivity index (χ4n) is 2.30. The Kier molecular flexibility index (Phi) is 4.40. The van der Waals surface area contributed by atoms with Crippen LogP contribution in [-0.4, -0.2) is 27.4 Å². The molecule has 1 aromatic carbocycles. The summed E-state index contributed by atoms with van der Waals surface area (Å²) in [6, 6.07) is 6.89. The molecular formula is C14H21NO2. The quantitative estimate of drug-likeness (QED) is 0.868. The monoisotopic (exact) mass is 235 g/mol. The minimum atomic E-state index is 0.412. The first-order chi connectivity index (χ1) is 8.35. The Labute approximate surface area is 103 Å². The standard InChI is InChI=1S/C14H21NO2/c1-15-13-4-3-8-17-14-6-5-11(7-9-16-2)10-12(13)14/h5-6,10,13,15H,3-4,7-9H2,1-2H3. The van der Waals surface area contributed by atoms with Crippen LogP contribution >= 0.6 is 0 Å². The first-order valence-electron chi connectivity index (χ1n) is 6.27. The molecule has 0 bridgehead atoms. The summed E-state index contributed by atoms with van der Waals surface area (Å²) in [5.74, 6) is 1.03. The van der Waals surface area contributed by atoms with Gasteiger partial charge < -0.3 is 14.8 Å². The summed E-state index contributed by atoms with van der Waals surface area (Å²) in [6.45, 7) is 1.59. The summed E-state index contributed by atoms with van der Waals surface area (Å²) in [7, 11) is 3.75. The van der Waals surface area contributed by atoms with E-state index >= 15 is 0 Å². The zero-order valence-corrected chi connectivity index (χ0v) is 10.7. The van der Waals surface area contributed by atoms with Gasteiger partial charge in [-0.25, -0.2) is 0 Å². The highest BCUT2D eigenvalue weighted by molar-refractivity contribution is 5.40. The van der Waals surface area contributed by atoms with Crippen LogP contribution in [0.15, 0.2) is 18.2 Å². The summed E-state index contributed by atoms with van der Waals surface area (Å²) < 4.78 is 10.9. The van der Waals surface area contributed by atoms with Gasteiger partial charge in [-0.15, -0.1) is 0 Å². The second-order valence-corrected chi connectivity index (χ2v) is 4.45. The zero-order valence-electron chi connectivity index (χ0n) is 10.7. The molecule has 2 rings (SSSR count). The lowest BCUT2D eigenvalue weighted by atomic mass is 9.99. The number of nitrogens with one attached hydrogen (secondary N) is 1. The lowest BCUT2D eigenvalue weighted by Crippen LogP contribution is -2.15. The fraction of sp³-hybridized carbons (Fsp3) is 0.571. The van der Waals surface area contributed by atoms with Gasteiger partial charge in [-0.3, -0.25) is 0 Å². The van der Waals surface area contributed by atoms with Crippen LogP contribution in [0.25, 0.3) is 0 Å². The minimum Gasteiger partial charge on any atom is -0.493 e. The van der Waals surface area contributed by atoms with E-state index in [4.69, 9.17) is 9.47 Å². The van der Waals surface area contributed by atoms with Crippen LogP contribution in [0.1, 0.15) is 30.0 Å². The predicted octanol–water partition coefficient (Wildman–Crippen LogP) is 2.31. The highest BCUT2D eigenvalue weighted by Gasteiger charge is 2.18. The van der Waals surface area contributed by atoms with Crippen molar-refractivity contribution in [2.75, 3.05) is 27.4 Å². The number of rotatable bonds is 4. The molecule has 3 nitrogen and oxygen atoms in total. The first kappa shape index (κ1) is 12.4. The number of benzene rings is 1. The average molecular weight is 235 g/mol. The molecule has 1 heterocycles. The van der Waals surface area contributed by atoms with Gasteiger partial charge in [0, 0.05) is 18.7 Å². The number of ether oxygens (including phenoxy) is 2. The van der Waals surface area contributed by atoms with Gasteiger partial charge in [-0.1, -0.05) is 12.1 Å². The molecule has 0 aromatic heterocycles. The van der Waals surface area contributed by atoms with Gasteiger partial charge in [0.25, 0.3) is 0 Å².